The van der Waals surface area contributed by atoms with Crippen LogP contribution in [0.3, 0.4) is 0 Å². The molecule has 0 saturated carbocycles. The summed E-state index contributed by atoms with van der Waals surface area (Å²) in [4.78, 5) is 2.66. The lowest BCUT2D eigenvalue weighted by Crippen LogP contribution is -2.53. The molecule has 0 aliphatic carbocycles. The van der Waals surface area contributed by atoms with Gasteiger partial charge in [-0.05, 0) is 0 Å². The summed E-state index contributed by atoms with van der Waals surface area (Å²) in [6.45, 7) is -0.761. The summed E-state index contributed by atoms with van der Waals surface area (Å²) in [5.74, 6) is 0. The molecule has 1 fully saturated rings. The van der Waals surface area contributed by atoms with Crippen LogP contribution in [0.5, 0.6) is 0 Å². The number of nitrogens with zero attached hydrogens (tertiary/aromatic N) is 2. The molecule has 1 rings (SSSR count). The van der Waals surface area contributed by atoms with Crippen molar-refractivity contribution in [3.63, 3.8) is 0 Å². The van der Waals surface area contributed by atoms with E-state index < -0.39 is 37.7 Å². The predicted octanol–water partition coefficient (Wildman–Crippen LogP) is 0.450. The largest absolute Gasteiger partial charge is 0.415 e. The third-order valence-corrected chi connectivity index (χ3v) is 3.08. The highest BCUT2D eigenvalue weighted by Gasteiger charge is 2.41. The summed E-state index contributed by atoms with van der Waals surface area (Å²) in [5, 5.41) is 17.8. The van der Waals surface area contributed by atoms with E-state index >= 15 is 0 Å². The summed E-state index contributed by atoms with van der Waals surface area (Å²) in [6.07, 6.45) is -14.3. The van der Waals surface area contributed by atoms with Crippen molar-refractivity contribution >= 4 is 0 Å². The van der Waals surface area contributed by atoms with Crippen LogP contribution in [0.15, 0.2) is 0 Å². The molecule has 20 heavy (non-hydrogen) atoms. The molecule has 0 unspecified atom stereocenters. The third-order valence-electron chi connectivity index (χ3n) is 3.08. The molecule has 1 heterocycles. The van der Waals surface area contributed by atoms with Gasteiger partial charge in [0.1, 0.15) is 0 Å². The van der Waals surface area contributed by atoms with Crippen molar-refractivity contribution in [1.29, 1.82) is 0 Å². The molecule has 4 nitrogen and oxygen atoms in total. The van der Waals surface area contributed by atoms with E-state index in [0.29, 0.717) is 0 Å². The number of hydrogen-bond donors (Lipinski definition) is 2. The van der Waals surface area contributed by atoms with Gasteiger partial charge in [-0.1, -0.05) is 0 Å². The summed E-state index contributed by atoms with van der Waals surface area (Å²) < 4.78 is 72.8. The van der Waals surface area contributed by atoms with Crippen LogP contribution in [-0.2, 0) is 0 Å². The molecule has 10 heteroatoms. The van der Waals surface area contributed by atoms with E-state index in [2.05, 4.69) is 0 Å². The molecule has 0 bridgehead atoms. The number of hydrogen-bond acceptors (Lipinski definition) is 4. The minimum Gasteiger partial charge on any atom is -0.382 e. The minimum absolute atomic E-state index is 0.109. The molecule has 0 amide bonds. The molecule has 0 spiro atoms. The molecule has 0 aromatic carbocycles. The zero-order valence-electron chi connectivity index (χ0n) is 10.5. The average Bonchev–Trinajstić information content (AvgIpc) is 2.29. The Balaban J connectivity index is 2.34. The number of rotatable bonds is 4. The first-order valence-electron chi connectivity index (χ1n) is 5.94. The SMILES string of the molecule is O[C@H](CN1CCN(C[C@H](O)C(F)(F)F)CC1)C(F)(F)F. The maximum atomic E-state index is 12.1. The van der Waals surface area contributed by atoms with Gasteiger partial charge in [0.05, 0.1) is 0 Å². The first-order valence-corrected chi connectivity index (χ1v) is 5.94. The van der Waals surface area contributed by atoms with Crippen LogP contribution in [0.4, 0.5) is 26.3 Å². The van der Waals surface area contributed by atoms with Crippen molar-refractivity contribution in [2.45, 2.75) is 24.6 Å². The van der Waals surface area contributed by atoms with Gasteiger partial charge in [-0.2, -0.15) is 26.3 Å². The molecule has 0 aromatic rings. The van der Waals surface area contributed by atoms with Crippen LogP contribution >= 0.6 is 0 Å². The van der Waals surface area contributed by atoms with Crippen molar-refractivity contribution in [2.75, 3.05) is 39.3 Å². The lowest BCUT2D eigenvalue weighted by molar-refractivity contribution is -0.213. The Morgan fingerprint density at radius 1 is 0.700 bits per heavy atom. The smallest absolute Gasteiger partial charge is 0.382 e. The summed E-state index contributed by atoms with van der Waals surface area (Å²) >= 11 is 0. The Hall–Kier alpha value is -0.580. The van der Waals surface area contributed by atoms with Crippen LogP contribution in [0.2, 0.25) is 0 Å². The number of β-amino-alcohol motifs (C(OH)–C–C–N with tert-alkyl or cyclic N) is 2. The Bertz CT molecular complexity index is 271. The van der Waals surface area contributed by atoms with Crippen molar-refractivity contribution in [3.8, 4) is 0 Å². The second-order valence-corrected chi connectivity index (χ2v) is 4.72. The lowest BCUT2D eigenvalue weighted by atomic mass is 10.2. The summed E-state index contributed by atoms with van der Waals surface area (Å²) in [7, 11) is 0. The van der Waals surface area contributed by atoms with Gasteiger partial charge in [0.15, 0.2) is 12.2 Å². The van der Waals surface area contributed by atoms with E-state index in [1.54, 1.807) is 0 Å². The van der Waals surface area contributed by atoms with Crippen LogP contribution < -0.4 is 0 Å². The van der Waals surface area contributed by atoms with E-state index in [0.717, 1.165) is 0 Å². The topological polar surface area (TPSA) is 46.9 Å². The van der Waals surface area contributed by atoms with Crippen molar-refractivity contribution in [2.24, 2.45) is 0 Å². The van der Waals surface area contributed by atoms with E-state index in [1.165, 1.54) is 9.80 Å². The molecule has 1 saturated heterocycles. The zero-order chi connectivity index (χ0) is 15.6. The average molecular weight is 310 g/mol. The molecule has 0 radical (unpaired) electrons. The van der Waals surface area contributed by atoms with E-state index in [4.69, 9.17) is 10.2 Å². The highest BCUT2D eigenvalue weighted by Crippen LogP contribution is 2.22. The molecule has 0 aromatic heterocycles. The van der Waals surface area contributed by atoms with Crippen molar-refractivity contribution in [3.05, 3.63) is 0 Å². The molecule has 2 atom stereocenters. The molecule has 1 aliphatic rings. The van der Waals surface area contributed by atoms with Crippen LogP contribution in [-0.4, -0.2) is 83.8 Å². The fourth-order valence-corrected chi connectivity index (χ4v) is 1.85. The monoisotopic (exact) mass is 310 g/mol. The normalized spacial score (nSPS) is 22.8. The number of aliphatic hydroxyl groups excluding tert-OH is 2. The van der Waals surface area contributed by atoms with E-state index in [-0.39, 0.29) is 26.2 Å². The predicted molar refractivity (Wildman–Crippen MR) is 57.0 cm³/mol. The van der Waals surface area contributed by atoms with Crippen LogP contribution in [0.25, 0.3) is 0 Å². The molecule has 1 aliphatic heterocycles. The highest BCUT2D eigenvalue weighted by atomic mass is 19.4. The maximum Gasteiger partial charge on any atom is 0.415 e. The third kappa shape index (κ3) is 5.43. The van der Waals surface area contributed by atoms with Gasteiger partial charge >= 0.3 is 12.4 Å². The Morgan fingerprint density at radius 3 is 1.15 bits per heavy atom. The highest BCUT2D eigenvalue weighted by molar-refractivity contribution is 4.79. The van der Waals surface area contributed by atoms with Gasteiger partial charge in [0, 0.05) is 39.3 Å². The Morgan fingerprint density at radius 2 is 0.950 bits per heavy atom. The van der Waals surface area contributed by atoms with E-state index in [1.807, 2.05) is 0 Å². The second kappa shape index (κ2) is 6.46. The zero-order valence-corrected chi connectivity index (χ0v) is 10.5. The fourth-order valence-electron chi connectivity index (χ4n) is 1.85. The van der Waals surface area contributed by atoms with Gasteiger partial charge in [0.25, 0.3) is 0 Å². The maximum absolute atomic E-state index is 12.1. The summed E-state index contributed by atoms with van der Waals surface area (Å²) in [6, 6.07) is 0. The first kappa shape index (κ1) is 17.5. The number of piperazine rings is 1. The van der Waals surface area contributed by atoms with Crippen molar-refractivity contribution in [1.82, 2.24) is 9.80 Å². The first-order chi connectivity index (χ1) is 9.00. The standard InChI is InChI=1S/C10H16F6N2O2/c11-9(12,13)7(19)5-17-1-2-18(4-3-17)6-8(20)10(14,15)16/h7-8,19-20H,1-6H2/t7-,8+. The van der Waals surface area contributed by atoms with Gasteiger partial charge in [-0.3, -0.25) is 9.80 Å². The van der Waals surface area contributed by atoms with Gasteiger partial charge < -0.3 is 10.2 Å². The number of aliphatic hydroxyl groups is 2. The van der Waals surface area contributed by atoms with Crippen LogP contribution in [0.1, 0.15) is 0 Å². The molecular weight excluding hydrogens is 294 g/mol. The second-order valence-electron chi connectivity index (χ2n) is 4.72. The van der Waals surface area contributed by atoms with Crippen molar-refractivity contribution < 1.29 is 36.6 Å². The molecule has 2 N–H and O–H groups in total. The lowest BCUT2D eigenvalue weighted by Gasteiger charge is -2.36. The minimum atomic E-state index is -4.70. The quantitative estimate of drug-likeness (QED) is 0.740. The number of halogens is 6. The Labute approximate surface area is 111 Å². The van der Waals surface area contributed by atoms with Gasteiger partial charge in [-0.25, -0.2) is 0 Å². The van der Waals surface area contributed by atoms with E-state index in [9.17, 15) is 26.3 Å². The molecular formula is C10H16F6N2O2. The van der Waals surface area contributed by atoms with Gasteiger partial charge in [0.2, 0.25) is 0 Å². The Kier molecular flexibility index (Phi) is 5.64. The molecule has 120 valence electrons. The fraction of sp³-hybridized carbons (Fsp3) is 1.00. The summed E-state index contributed by atoms with van der Waals surface area (Å²) in [5.41, 5.74) is 0. The van der Waals surface area contributed by atoms with Crippen LogP contribution in [0, 0.1) is 0 Å². The number of alkyl halides is 6. The van der Waals surface area contributed by atoms with Gasteiger partial charge in [-0.15, -0.1) is 0 Å².